The van der Waals surface area contributed by atoms with Gasteiger partial charge < -0.3 is 5.73 Å². The van der Waals surface area contributed by atoms with Crippen LogP contribution in [0.15, 0.2) is 25.3 Å². The van der Waals surface area contributed by atoms with Gasteiger partial charge in [0.05, 0.1) is 0 Å². The minimum Gasteiger partial charge on any atom is -0.368 e. The first kappa shape index (κ1) is 12.3. The molecular weight excluding hydrogens is 224 g/mol. The zero-order chi connectivity index (χ0) is 12.8. The Morgan fingerprint density at radius 2 is 1.41 bits per heavy atom. The number of nitrogen functional groups attached to an aromatic ring is 1. The van der Waals surface area contributed by atoms with Gasteiger partial charge >= 0.3 is 0 Å². The number of nitrogens with two attached hydrogens (primary N) is 1. The summed E-state index contributed by atoms with van der Waals surface area (Å²) in [6, 6.07) is 0. The van der Waals surface area contributed by atoms with Gasteiger partial charge in [-0.15, -0.1) is 0 Å². The number of hydrogen-bond acceptors (Lipinski definition) is 6. The van der Waals surface area contributed by atoms with Crippen molar-refractivity contribution >= 4 is 29.7 Å². The van der Waals surface area contributed by atoms with Crippen molar-refractivity contribution in [2.45, 2.75) is 0 Å². The fourth-order valence-electron chi connectivity index (χ4n) is 0.827. The summed E-state index contributed by atoms with van der Waals surface area (Å²) in [6.45, 7) is 6.53. The van der Waals surface area contributed by atoms with Crippen LogP contribution in [0.1, 0.15) is 0 Å². The van der Waals surface area contributed by atoms with Crippen molar-refractivity contribution in [2.75, 3.05) is 16.4 Å². The van der Waals surface area contributed by atoms with Crippen molar-refractivity contribution in [3.05, 3.63) is 25.3 Å². The Morgan fingerprint density at radius 1 is 1.00 bits per heavy atom. The molecule has 0 aliphatic carbocycles. The highest BCUT2D eigenvalue weighted by atomic mass is 16.2. The largest absolute Gasteiger partial charge is 0.368 e. The van der Waals surface area contributed by atoms with Crippen LogP contribution in [-0.2, 0) is 9.59 Å². The predicted molar refractivity (Wildman–Crippen MR) is 61.9 cm³/mol. The van der Waals surface area contributed by atoms with E-state index in [1.165, 1.54) is 0 Å². The second-order valence-electron chi connectivity index (χ2n) is 2.73. The van der Waals surface area contributed by atoms with E-state index in [2.05, 4.69) is 38.7 Å². The number of nitrogens with zero attached hydrogens (tertiary/aromatic N) is 3. The summed E-state index contributed by atoms with van der Waals surface area (Å²) in [5, 5.41) is 4.58. The van der Waals surface area contributed by atoms with Crippen LogP contribution in [0.4, 0.5) is 17.8 Å². The molecule has 88 valence electrons. The van der Waals surface area contributed by atoms with Gasteiger partial charge in [0.15, 0.2) is 0 Å². The first-order valence-electron chi connectivity index (χ1n) is 4.43. The van der Waals surface area contributed by atoms with Gasteiger partial charge in [0, 0.05) is 0 Å². The quantitative estimate of drug-likeness (QED) is 0.615. The minimum absolute atomic E-state index is 0.0817. The van der Waals surface area contributed by atoms with E-state index in [1.54, 1.807) is 0 Å². The Balaban J connectivity index is 2.93. The molecule has 0 aliphatic rings. The van der Waals surface area contributed by atoms with Gasteiger partial charge in [-0.1, -0.05) is 13.2 Å². The third-order valence-corrected chi connectivity index (χ3v) is 1.49. The average Bonchev–Trinajstić information content (AvgIpc) is 2.27. The first-order valence-corrected chi connectivity index (χ1v) is 4.43. The Morgan fingerprint density at radius 3 is 1.76 bits per heavy atom. The lowest BCUT2D eigenvalue weighted by molar-refractivity contribution is -0.112. The average molecular weight is 234 g/mol. The molecule has 2 amide bonds. The van der Waals surface area contributed by atoms with Crippen LogP contribution in [-0.4, -0.2) is 26.8 Å². The Hall–Kier alpha value is -2.77. The van der Waals surface area contributed by atoms with E-state index in [1.807, 2.05) is 0 Å². The lowest BCUT2D eigenvalue weighted by atomic mass is 10.6. The molecule has 0 atom stereocenters. The topological polar surface area (TPSA) is 123 Å². The summed E-state index contributed by atoms with van der Waals surface area (Å²) >= 11 is 0. The zero-order valence-corrected chi connectivity index (χ0v) is 8.80. The zero-order valence-electron chi connectivity index (χ0n) is 8.80. The second-order valence-corrected chi connectivity index (χ2v) is 2.73. The molecule has 0 bridgehead atoms. The van der Waals surface area contributed by atoms with E-state index in [-0.39, 0.29) is 17.8 Å². The molecule has 1 aromatic heterocycles. The van der Waals surface area contributed by atoms with Crippen molar-refractivity contribution in [1.82, 2.24) is 15.0 Å². The maximum atomic E-state index is 11.0. The number of hydrogen-bond donors (Lipinski definition) is 3. The fourth-order valence-corrected chi connectivity index (χ4v) is 0.827. The van der Waals surface area contributed by atoms with Gasteiger partial charge in [0.2, 0.25) is 29.7 Å². The Kier molecular flexibility index (Phi) is 3.87. The highest BCUT2D eigenvalue weighted by Gasteiger charge is 2.07. The number of aromatic nitrogens is 3. The number of carbonyl (C=O) groups is 2. The maximum absolute atomic E-state index is 11.0. The second kappa shape index (κ2) is 5.35. The number of rotatable bonds is 4. The molecule has 1 heterocycles. The molecule has 17 heavy (non-hydrogen) atoms. The highest BCUT2D eigenvalue weighted by molar-refractivity contribution is 5.99. The van der Waals surface area contributed by atoms with E-state index in [4.69, 9.17) is 5.73 Å². The molecule has 4 N–H and O–H groups in total. The molecule has 0 aromatic carbocycles. The number of amides is 2. The molecule has 8 nitrogen and oxygen atoms in total. The molecular formula is C9H10N6O2. The van der Waals surface area contributed by atoms with Gasteiger partial charge in [-0.25, -0.2) is 0 Å². The molecule has 0 saturated carbocycles. The van der Waals surface area contributed by atoms with Gasteiger partial charge in [-0.2, -0.15) is 15.0 Å². The van der Waals surface area contributed by atoms with Gasteiger partial charge in [0.25, 0.3) is 0 Å². The van der Waals surface area contributed by atoms with E-state index in [0.717, 1.165) is 12.2 Å². The molecule has 8 heteroatoms. The maximum Gasteiger partial charge on any atom is 0.250 e. The SMILES string of the molecule is C=CC(=O)Nc1nc(N)nc(NC(=O)C=C)n1. The minimum atomic E-state index is -0.503. The van der Waals surface area contributed by atoms with E-state index in [9.17, 15) is 9.59 Å². The van der Waals surface area contributed by atoms with Crippen LogP contribution in [0.5, 0.6) is 0 Å². The summed E-state index contributed by atoms with van der Waals surface area (Å²) in [5.74, 6) is -1.31. The third kappa shape index (κ3) is 3.70. The summed E-state index contributed by atoms with van der Waals surface area (Å²) in [6.07, 6.45) is 2.09. The van der Waals surface area contributed by atoms with E-state index >= 15 is 0 Å². The van der Waals surface area contributed by atoms with E-state index < -0.39 is 11.8 Å². The third-order valence-electron chi connectivity index (χ3n) is 1.49. The predicted octanol–water partition coefficient (Wildman–Crippen LogP) is -0.297. The summed E-state index contributed by atoms with van der Waals surface area (Å²) < 4.78 is 0. The summed E-state index contributed by atoms with van der Waals surface area (Å²) in [4.78, 5) is 33.1. The molecule has 0 fully saturated rings. The van der Waals surface area contributed by atoms with Crippen LogP contribution in [0.3, 0.4) is 0 Å². The number of nitrogens with one attached hydrogen (secondary N) is 2. The lowest BCUT2D eigenvalue weighted by Gasteiger charge is -2.04. The highest BCUT2D eigenvalue weighted by Crippen LogP contribution is 2.06. The van der Waals surface area contributed by atoms with Crippen LogP contribution in [0.2, 0.25) is 0 Å². The molecule has 1 aromatic rings. The van der Waals surface area contributed by atoms with Gasteiger partial charge in [-0.3, -0.25) is 20.2 Å². The molecule has 0 aliphatic heterocycles. The monoisotopic (exact) mass is 234 g/mol. The molecule has 0 spiro atoms. The van der Waals surface area contributed by atoms with Crippen molar-refractivity contribution in [3.8, 4) is 0 Å². The van der Waals surface area contributed by atoms with Crippen LogP contribution in [0, 0.1) is 0 Å². The fraction of sp³-hybridized carbons (Fsp3) is 0. The van der Waals surface area contributed by atoms with Gasteiger partial charge in [-0.05, 0) is 12.2 Å². The van der Waals surface area contributed by atoms with Crippen molar-refractivity contribution in [2.24, 2.45) is 0 Å². The normalized spacial score (nSPS) is 9.18. The number of carbonyl (C=O) groups excluding carboxylic acids is 2. The van der Waals surface area contributed by atoms with E-state index in [0.29, 0.717) is 0 Å². The van der Waals surface area contributed by atoms with Crippen LogP contribution >= 0.6 is 0 Å². The standard InChI is InChI=1S/C9H10N6O2/c1-3-5(16)11-8-13-7(10)14-9(15-8)12-6(17)4-2/h3-4H,1-2H2,(H4,10,11,12,13,14,15,16,17). The molecule has 0 unspecified atom stereocenters. The smallest absolute Gasteiger partial charge is 0.250 e. The lowest BCUT2D eigenvalue weighted by Crippen LogP contribution is -2.16. The van der Waals surface area contributed by atoms with Crippen LogP contribution in [0.25, 0.3) is 0 Å². The van der Waals surface area contributed by atoms with Crippen molar-refractivity contribution < 1.29 is 9.59 Å². The van der Waals surface area contributed by atoms with Crippen molar-refractivity contribution in [3.63, 3.8) is 0 Å². The first-order chi connectivity index (χ1) is 8.05. The Bertz CT molecular complexity index is 444. The van der Waals surface area contributed by atoms with Gasteiger partial charge in [0.1, 0.15) is 0 Å². The number of anilines is 3. The summed E-state index contributed by atoms with van der Waals surface area (Å²) in [5.41, 5.74) is 5.38. The summed E-state index contributed by atoms with van der Waals surface area (Å²) in [7, 11) is 0. The van der Waals surface area contributed by atoms with Crippen molar-refractivity contribution in [1.29, 1.82) is 0 Å². The van der Waals surface area contributed by atoms with Crippen LogP contribution < -0.4 is 16.4 Å². The molecule has 0 radical (unpaired) electrons. The Labute approximate surface area is 96.7 Å². The molecule has 0 saturated heterocycles. The molecule has 1 rings (SSSR count).